The van der Waals surface area contributed by atoms with Crippen LogP contribution in [-0.4, -0.2) is 30.1 Å². The second kappa shape index (κ2) is 9.53. The standard InChI is InChI=1S/C17H25ClN2O3/c1-11(2)8-13(6-7-21)10-19-16(22)17(23)20-14-5-4-12(3)15(18)9-14/h4-5,9,11,13,21H,6-8,10H2,1-3H3,(H,19,22)(H,20,23). The van der Waals surface area contributed by atoms with Gasteiger partial charge in [0.1, 0.15) is 0 Å². The molecule has 1 aromatic rings. The molecule has 5 nitrogen and oxygen atoms in total. The van der Waals surface area contributed by atoms with Crippen LogP contribution >= 0.6 is 11.6 Å². The van der Waals surface area contributed by atoms with Crippen LogP contribution in [0.2, 0.25) is 5.02 Å². The Morgan fingerprint density at radius 2 is 1.96 bits per heavy atom. The van der Waals surface area contributed by atoms with Gasteiger partial charge in [0.15, 0.2) is 0 Å². The smallest absolute Gasteiger partial charge is 0.313 e. The van der Waals surface area contributed by atoms with Crippen LogP contribution in [0.4, 0.5) is 5.69 Å². The molecule has 0 radical (unpaired) electrons. The van der Waals surface area contributed by atoms with E-state index in [0.29, 0.717) is 29.6 Å². The molecule has 1 aromatic carbocycles. The van der Waals surface area contributed by atoms with Crippen molar-refractivity contribution in [3.05, 3.63) is 28.8 Å². The monoisotopic (exact) mass is 340 g/mol. The number of aliphatic hydroxyl groups is 1. The summed E-state index contributed by atoms with van der Waals surface area (Å²) in [5.41, 5.74) is 1.38. The molecule has 3 N–H and O–H groups in total. The van der Waals surface area contributed by atoms with Crippen LogP contribution in [0.1, 0.15) is 32.3 Å². The molecule has 0 heterocycles. The molecule has 0 aliphatic rings. The van der Waals surface area contributed by atoms with Crippen LogP contribution in [0.3, 0.4) is 0 Å². The van der Waals surface area contributed by atoms with E-state index in [9.17, 15) is 9.59 Å². The predicted octanol–water partition coefficient (Wildman–Crippen LogP) is 2.75. The minimum atomic E-state index is -0.725. The first-order chi connectivity index (χ1) is 10.8. The number of amides is 2. The van der Waals surface area contributed by atoms with E-state index in [2.05, 4.69) is 24.5 Å². The molecular weight excluding hydrogens is 316 g/mol. The number of hydrogen-bond acceptors (Lipinski definition) is 3. The number of aryl methyl sites for hydroxylation is 1. The zero-order valence-electron chi connectivity index (χ0n) is 13.9. The highest BCUT2D eigenvalue weighted by atomic mass is 35.5. The molecule has 0 bridgehead atoms. The number of carbonyl (C=O) groups is 2. The number of carbonyl (C=O) groups excluding carboxylic acids is 2. The Kier molecular flexibility index (Phi) is 8.06. The average molecular weight is 341 g/mol. The number of aliphatic hydroxyl groups excluding tert-OH is 1. The summed E-state index contributed by atoms with van der Waals surface area (Å²) in [6.07, 6.45) is 1.49. The molecule has 2 amide bonds. The van der Waals surface area contributed by atoms with Crippen LogP contribution in [0, 0.1) is 18.8 Å². The summed E-state index contributed by atoms with van der Waals surface area (Å²) in [6.45, 7) is 6.47. The van der Waals surface area contributed by atoms with Crippen molar-refractivity contribution in [3.63, 3.8) is 0 Å². The lowest BCUT2D eigenvalue weighted by Gasteiger charge is -2.18. The normalized spacial score (nSPS) is 12.1. The number of halogens is 1. The summed E-state index contributed by atoms with van der Waals surface area (Å²) in [5, 5.41) is 14.7. The van der Waals surface area contributed by atoms with Crippen molar-refractivity contribution in [2.75, 3.05) is 18.5 Å². The van der Waals surface area contributed by atoms with Crippen LogP contribution < -0.4 is 10.6 Å². The molecule has 0 aliphatic carbocycles. The largest absolute Gasteiger partial charge is 0.396 e. The predicted molar refractivity (Wildman–Crippen MR) is 92.5 cm³/mol. The van der Waals surface area contributed by atoms with E-state index in [1.165, 1.54) is 0 Å². The molecular formula is C17H25ClN2O3. The quantitative estimate of drug-likeness (QED) is 0.668. The van der Waals surface area contributed by atoms with E-state index in [-0.39, 0.29) is 12.5 Å². The lowest BCUT2D eigenvalue weighted by Crippen LogP contribution is -2.38. The van der Waals surface area contributed by atoms with Crippen molar-refractivity contribution in [1.82, 2.24) is 5.32 Å². The first kappa shape index (κ1) is 19.5. The van der Waals surface area contributed by atoms with E-state index < -0.39 is 11.8 Å². The highest BCUT2D eigenvalue weighted by Gasteiger charge is 2.17. The Hall–Kier alpha value is -1.59. The topological polar surface area (TPSA) is 78.4 Å². The van der Waals surface area contributed by atoms with Crippen molar-refractivity contribution in [3.8, 4) is 0 Å². The Labute approximate surface area is 142 Å². The van der Waals surface area contributed by atoms with Gasteiger partial charge in [0.2, 0.25) is 0 Å². The van der Waals surface area contributed by atoms with E-state index >= 15 is 0 Å². The van der Waals surface area contributed by atoms with Gasteiger partial charge in [-0.1, -0.05) is 31.5 Å². The molecule has 0 aliphatic heterocycles. The molecule has 0 saturated carbocycles. The second-order valence-electron chi connectivity index (χ2n) is 6.14. The van der Waals surface area contributed by atoms with Gasteiger partial charge in [0.25, 0.3) is 0 Å². The molecule has 0 aromatic heterocycles. The third-order valence-corrected chi connectivity index (χ3v) is 3.94. The van der Waals surface area contributed by atoms with Gasteiger partial charge in [-0.25, -0.2) is 0 Å². The third-order valence-electron chi connectivity index (χ3n) is 3.53. The van der Waals surface area contributed by atoms with Crippen molar-refractivity contribution in [2.45, 2.75) is 33.6 Å². The van der Waals surface area contributed by atoms with Crippen LogP contribution in [0.25, 0.3) is 0 Å². The molecule has 23 heavy (non-hydrogen) atoms. The molecule has 1 unspecified atom stereocenters. The molecule has 1 rings (SSSR count). The van der Waals surface area contributed by atoms with Gasteiger partial charge < -0.3 is 15.7 Å². The highest BCUT2D eigenvalue weighted by Crippen LogP contribution is 2.20. The third kappa shape index (κ3) is 7.01. The van der Waals surface area contributed by atoms with E-state index in [1.54, 1.807) is 18.2 Å². The number of anilines is 1. The second-order valence-corrected chi connectivity index (χ2v) is 6.54. The zero-order chi connectivity index (χ0) is 17.4. The lowest BCUT2D eigenvalue weighted by atomic mass is 9.94. The fourth-order valence-electron chi connectivity index (χ4n) is 2.33. The van der Waals surface area contributed by atoms with Crippen molar-refractivity contribution >= 4 is 29.1 Å². The Balaban J connectivity index is 2.52. The van der Waals surface area contributed by atoms with Crippen LogP contribution in [0.5, 0.6) is 0 Å². The van der Waals surface area contributed by atoms with E-state index in [4.69, 9.17) is 16.7 Å². The Morgan fingerprint density at radius 3 is 2.52 bits per heavy atom. The number of rotatable bonds is 7. The molecule has 0 fully saturated rings. The van der Waals surface area contributed by atoms with Crippen molar-refractivity contribution < 1.29 is 14.7 Å². The fourth-order valence-corrected chi connectivity index (χ4v) is 2.51. The molecule has 1 atom stereocenters. The molecule has 0 saturated heterocycles. The minimum Gasteiger partial charge on any atom is -0.396 e. The lowest BCUT2D eigenvalue weighted by molar-refractivity contribution is -0.136. The molecule has 6 heteroatoms. The van der Waals surface area contributed by atoms with Crippen LogP contribution in [-0.2, 0) is 9.59 Å². The van der Waals surface area contributed by atoms with Gasteiger partial charge in [-0.05, 0) is 49.3 Å². The summed E-state index contributed by atoms with van der Waals surface area (Å²) in [6, 6.07) is 5.07. The SMILES string of the molecule is Cc1ccc(NC(=O)C(=O)NCC(CCO)CC(C)C)cc1Cl. The number of benzene rings is 1. The summed E-state index contributed by atoms with van der Waals surface area (Å²) < 4.78 is 0. The molecule has 0 spiro atoms. The maximum absolute atomic E-state index is 11.9. The first-order valence-corrected chi connectivity index (χ1v) is 8.17. The Bertz CT molecular complexity index is 547. The number of nitrogens with one attached hydrogen (secondary N) is 2. The van der Waals surface area contributed by atoms with Gasteiger partial charge in [0, 0.05) is 23.9 Å². The minimum absolute atomic E-state index is 0.0708. The summed E-state index contributed by atoms with van der Waals surface area (Å²) in [7, 11) is 0. The number of hydrogen-bond donors (Lipinski definition) is 3. The summed E-state index contributed by atoms with van der Waals surface area (Å²) in [5.74, 6) is -0.789. The fraction of sp³-hybridized carbons (Fsp3) is 0.529. The van der Waals surface area contributed by atoms with Crippen molar-refractivity contribution in [2.24, 2.45) is 11.8 Å². The average Bonchev–Trinajstić information content (AvgIpc) is 2.48. The highest BCUT2D eigenvalue weighted by molar-refractivity contribution is 6.39. The van der Waals surface area contributed by atoms with Gasteiger partial charge >= 0.3 is 11.8 Å². The van der Waals surface area contributed by atoms with Gasteiger partial charge in [0.05, 0.1) is 0 Å². The van der Waals surface area contributed by atoms with Gasteiger partial charge in [-0.15, -0.1) is 0 Å². The van der Waals surface area contributed by atoms with E-state index in [0.717, 1.165) is 12.0 Å². The van der Waals surface area contributed by atoms with Crippen molar-refractivity contribution in [1.29, 1.82) is 0 Å². The Morgan fingerprint density at radius 1 is 1.26 bits per heavy atom. The zero-order valence-corrected chi connectivity index (χ0v) is 14.6. The maximum Gasteiger partial charge on any atom is 0.313 e. The van der Waals surface area contributed by atoms with Crippen LogP contribution in [0.15, 0.2) is 18.2 Å². The molecule has 128 valence electrons. The summed E-state index contributed by atoms with van der Waals surface area (Å²) in [4.78, 5) is 23.8. The van der Waals surface area contributed by atoms with Gasteiger partial charge in [-0.2, -0.15) is 0 Å². The van der Waals surface area contributed by atoms with Gasteiger partial charge in [-0.3, -0.25) is 9.59 Å². The van der Waals surface area contributed by atoms with E-state index in [1.807, 2.05) is 6.92 Å². The maximum atomic E-state index is 11.9. The first-order valence-electron chi connectivity index (χ1n) is 7.79. The summed E-state index contributed by atoms with van der Waals surface area (Å²) >= 11 is 5.99.